The standard InChI is InChI=1S/C16H15N3O3/c1-11(2)13-5-3-12(4-6-13)9-18-10-15(19(21)22)7-14(8-17)16(18)20/h3-7,10-11H,9H2,1-2H3. The first-order chi connectivity index (χ1) is 10.4. The third kappa shape index (κ3) is 3.20. The summed E-state index contributed by atoms with van der Waals surface area (Å²) >= 11 is 0. The minimum absolute atomic E-state index is 0.188. The molecule has 112 valence electrons. The highest BCUT2D eigenvalue weighted by Gasteiger charge is 2.14. The predicted octanol–water partition coefficient (Wildman–Crippen LogP) is 2.80. The van der Waals surface area contributed by atoms with Crippen molar-refractivity contribution in [3.63, 3.8) is 0 Å². The minimum Gasteiger partial charge on any atom is -0.303 e. The highest BCUT2D eigenvalue weighted by Crippen LogP contribution is 2.16. The van der Waals surface area contributed by atoms with E-state index in [2.05, 4.69) is 13.8 Å². The van der Waals surface area contributed by atoms with Crippen molar-refractivity contribution in [1.29, 1.82) is 5.26 Å². The molecule has 2 aromatic rings. The second kappa shape index (κ2) is 6.22. The maximum absolute atomic E-state index is 12.1. The molecule has 0 amide bonds. The Kier molecular flexibility index (Phi) is 4.37. The summed E-state index contributed by atoms with van der Waals surface area (Å²) in [6.07, 6.45) is 1.17. The molecule has 2 rings (SSSR count). The van der Waals surface area contributed by atoms with Crippen LogP contribution in [0.2, 0.25) is 0 Å². The van der Waals surface area contributed by atoms with Crippen LogP contribution in [0.5, 0.6) is 0 Å². The van der Waals surface area contributed by atoms with Crippen molar-refractivity contribution in [2.45, 2.75) is 26.3 Å². The highest BCUT2D eigenvalue weighted by atomic mass is 16.6. The van der Waals surface area contributed by atoms with E-state index < -0.39 is 10.5 Å². The topological polar surface area (TPSA) is 88.9 Å². The molecule has 22 heavy (non-hydrogen) atoms. The molecule has 0 unspecified atom stereocenters. The molecule has 0 saturated heterocycles. The lowest BCUT2D eigenvalue weighted by atomic mass is 10.0. The van der Waals surface area contributed by atoms with E-state index in [0.717, 1.165) is 11.6 Å². The van der Waals surface area contributed by atoms with Gasteiger partial charge in [0.2, 0.25) is 0 Å². The average Bonchev–Trinajstić information content (AvgIpc) is 2.49. The Morgan fingerprint density at radius 1 is 1.32 bits per heavy atom. The van der Waals surface area contributed by atoms with E-state index in [1.54, 1.807) is 6.07 Å². The Morgan fingerprint density at radius 3 is 2.45 bits per heavy atom. The van der Waals surface area contributed by atoms with E-state index >= 15 is 0 Å². The van der Waals surface area contributed by atoms with Crippen LogP contribution in [-0.2, 0) is 6.54 Å². The van der Waals surface area contributed by atoms with Crippen LogP contribution in [0.25, 0.3) is 0 Å². The van der Waals surface area contributed by atoms with Gasteiger partial charge in [-0.2, -0.15) is 5.26 Å². The fourth-order valence-corrected chi connectivity index (χ4v) is 2.12. The molecule has 0 aliphatic heterocycles. The van der Waals surface area contributed by atoms with E-state index in [9.17, 15) is 14.9 Å². The molecular weight excluding hydrogens is 282 g/mol. The summed E-state index contributed by atoms with van der Waals surface area (Å²) in [6, 6.07) is 10.4. The van der Waals surface area contributed by atoms with Crippen molar-refractivity contribution in [3.05, 3.63) is 73.7 Å². The van der Waals surface area contributed by atoms with E-state index in [1.165, 1.54) is 16.3 Å². The number of nitrogens with zero attached hydrogens (tertiary/aromatic N) is 3. The second-order valence-corrected chi connectivity index (χ2v) is 5.31. The SMILES string of the molecule is CC(C)c1ccc(Cn2cc([N+](=O)[O-])cc(C#N)c2=O)cc1. The van der Waals surface area contributed by atoms with Gasteiger partial charge in [-0.3, -0.25) is 14.9 Å². The molecule has 1 aromatic carbocycles. The fraction of sp³-hybridized carbons (Fsp3) is 0.250. The van der Waals surface area contributed by atoms with Crippen LogP contribution >= 0.6 is 0 Å². The van der Waals surface area contributed by atoms with Crippen LogP contribution < -0.4 is 5.56 Å². The quantitative estimate of drug-likeness (QED) is 0.641. The van der Waals surface area contributed by atoms with Gasteiger partial charge < -0.3 is 4.57 Å². The molecule has 1 heterocycles. The number of benzene rings is 1. The number of rotatable bonds is 4. The van der Waals surface area contributed by atoms with Crippen LogP contribution in [0.3, 0.4) is 0 Å². The first kappa shape index (κ1) is 15.4. The highest BCUT2D eigenvalue weighted by molar-refractivity contribution is 5.38. The van der Waals surface area contributed by atoms with Gasteiger partial charge in [-0.1, -0.05) is 38.1 Å². The van der Waals surface area contributed by atoms with Gasteiger partial charge in [-0.15, -0.1) is 0 Å². The minimum atomic E-state index is -0.612. The second-order valence-electron chi connectivity index (χ2n) is 5.31. The van der Waals surface area contributed by atoms with Crippen LogP contribution in [0.15, 0.2) is 41.3 Å². The molecule has 0 bridgehead atoms. The van der Waals surface area contributed by atoms with Gasteiger partial charge in [0.1, 0.15) is 11.6 Å². The van der Waals surface area contributed by atoms with Crippen molar-refractivity contribution in [2.24, 2.45) is 0 Å². The third-order valence-electron chi connectivity index (χ3n) is 3.40. The summed E-state index contributed by atoms with van der Waals surface area (Å²) in [5.41, 5.74) is 0.993. The number of nitriles is 1. The Balaban J connectivity index is 2.40. The normalized spacial score (nSPS) is 10.5. The number of hydrogen-bond donors (Lipinski definition) is 0. The van der Waals surface area contributed by atoms with Gasteiger partial charge in [-0.25, -0.2) is 0 Å². The Labute approximate surface area is 127 Å². The van der Waals surface area contributed by atoms with Crippen molar-refractivity contribution in [2.75, 3.05) is 0 Å². The molecule has 0 spiro atoms. The van der Waals surface area contributed by atoms with Crippen molar-refractivity contribution >= 4 is 5.69 Å². The van der Waals surface area contributed by atoms with Gasteiger partial charge in [0.25, 0.3) is 11.2 Å². The number of hydrogen-bond acceptors (Lipinski definition) is 4. The largest absolute Gasteiger partial charge is 0.303 e. The van der Waals surface area contributed by atoms with Crippen molar-refractivity contribution in [3.8, 4) is 6.07 Å². The van der Waals surface area contributed by atoms with E-state index in [-0.39, 0.29) is 17.8 Å². The summed E-state index contributed by atoms with van der Waals surface area (Å²) in [7, 11) is 0. The maximum atomic E-state index is 12.1. The molecule has 0 aliphatic rings. The molecule has 6 heteroatoms. The molecule has 0 aliphatic carbocycles. The summed E-state index contributed by atoms with van der Waals surface area (Å²) in [6.45, 7) is 4.35. The van der Waals surface area contributed by atoms with Crippen molar-refractivity contribution < 1.29 is 4.92 Å². The van der Waals surface area contributed by atoms with Crippen LogP contribution in [-0.4, -0.2) is 9.49 Å². The molecule has 0 radical (unpaired) electrons. The number of aromatic nitrogens is 1. The summed E-state index contributed by atoms with van der Waals surface area (Å²) in [5.74, 6) is 0.403. The fourth-order valence-electron chi connectivity index (χ4n) is 2.12. The molecule has 0 saturated carbocycles. The maximum Gasteiger partial charge on any atom is 0.287 e. The summed E-state index contributed by atoms with van der Waals surface area (Å²) in [4.78, 5) is 22.3. The number of nitro groups is 1. The third-order valence-corrected chi connectivity index (χ3v) is 3.40. The van der Waals surface area contributed by atoms with Crippen LogP contribution in [0.1, 0.15) is 36.5 Å². The smallest absolute Gasteiger partial charge is 0.287 e. The molecule has 0 fully saturated rings. The average molecular weight is 297 g/mol. The van der Waals surface area contributed by atoms with Crippen LogP contribution in [0, 0.1) is 21.4 Å². The first-order valence-corrected chi connectivity index (χ1v) is 6.80. The summed E-state index contributed by atoms with van der Waals surface area (Å²) in [5, 5.41) is 19.8. The van der Waals surface area contributed by atoms with E-state index in [1.807, 2.05) is 24.3 Å². The molecule has 6 nitrogen and oxygen atoms in total. The zero-order chi connectivity index (χ0) is 16.3. The van der Waals surface area contributed by atoms with Gasteiger partial charge in [0.15, 0.2) is 0 Å². The summed E-state index contributed by atoms with van der Waals surface area (Å²) < 4.78 is 1.20. The Morgan fingerprint density at radius 2 is 1.95 bits per heavy atom. The molecule has 1 aromatic heterocycles. The monoisotopic (exact) mass is 297 g/mol. The zero-order valence-electron chi connectivity index (χ0n) is 12.3. The van der Waals surface area contributed by atoms with E-state index in [0.29, 0.717) is 5.92 Å². The molecule has 0 N–H and O–H groups in total. The predicted molar refractivity (Wildman–Crippen MR) is 81.7 cm³/mol. The lowest BCUT2D eigenvalue weighted by Crippen LogP contribution is -2.23. The van der Waals surface area contributed by atoms with Gasteiger partial charge in [0.05, 0.1) is 17.7 Å². The molecule has 0 atom stereocenters. The van der Waals surface area contributed by atoms with Crippen LogP contribution in [0.4, 0.5) is 5.69 Å². The lowest BCUT2D eigenvalue weighted by molar-refractivity contribution is -0.385. The lowest BCUT2D eigenvalue weighted by Gasteiger charge is -2.09. The first-order valence-electron chi connectivity index (χ1n) is 6.80. The Hall–Kier alpha value is -2.94. The van der Waals surface area contributed by atoms with Gasteiger partial charge in [0, 0.05) is 6.07 Å². The van der Waals surface area contributed by atoms with Gasteiger partial charge >= 0.3 is 0 Å². The Bertz CT molecular complexity index is 799. The zero-order valence-corrected chi connectivity index (χ0v) is 12.3. The number of pyridine rings is 1. The van der Waals surface area contributed by atoms with Gasteiger partial charge in [-0.05, 0) is 17.0 Å². The van der Waals surface area contributed by atoms with E-state index in [4.69, 9.17) is 5.26 Å². The molecular formula is C16H15N3O3. The van der Waals surface area contributed by atoms with Crippen molar-refractivity contribution in [1.82, 2.24) is 4.57 Å².